The number of carbonyl (C=O) groups is 2. The van der Waals surface area contributed by atoms with E-state index in [2.05, 4.69) is 10.6 Å². The summed E-state index contributed by atoms with van der Waals surface area (Å²) in [5.74, 6) is 0.282. The van der Waals surface area contributed by atoms with Gasteiger partial charge in [0.05, 0.1) is 31.5 Å². The highest BCUT2D eigenvalue weighted by Crippen LogP contribution is 2.35. The molecule has 0 saturated heterocycles. The number of methoxy groups -OCH3 is 2. The van der Waals surface area contributed by atoms with E-state index in [9.17, 15) is 9.59 Å². The van der Waals surface area contributed by atoms with Crippen LogP contribution in [-0.4, -0.2) is 32.6 Å². The second-order valence-corrected chi connectivity index (χ2v) is 5.37. The van der Waals surface area contributed by atoms with Crippen molar-refractivity contribution < 1.29 is 19.1 Å². The van der Waals surface area contributed by atoms with Crippen LogP contribution in [0, 0.1) is 5.92 Å². The van der Waals surface area contributed by atoms with Gasteiger partial charge in [-0.25, -0.2) is 0 Å². The lowest BCUT2D eigenvalue weighted by molar-refractivity contribution is -0.127. The molecule has 0 atom stereocenters. The lowest BCUT2D eigenvalue weighted by Crippen LogP contribution is -2.36. The monoisotopic (exact) mass is 342 g/mol. The molecule has 23 heavy (non-hydrogen) atoms. The first-order valence-electron chi connectivity index (χ1n) is 7.45. The zero-order valence-electron chi connectivity index (χ0n) is 13.9. The van der Waals surface area contributed by atoms with Crippen LogP contribution in [0.2, 0.25) is 5.02 Å². The van der Waals surface area contributed by atoms with E-state index in [0.717, 1.165) is 12.8 Å². The Morgan fingerprint density at radius 2 is 1.74 bits per heavy atom. The van der Waals surface area contributed by atoms with E-state index in [1.54, 1.807) is 12.1 Å². The number of nitrogens with one attached hydrogen (secondary N) is 2. The summed E-state index contributed by atoms with van der Waals surface area (Å²) < 4.78 is 10.3. The lowest BCUT2D eigenvalue weighted by Gasteiger charge is -2.15. The molecule has 0 heterocycles. The molecular formula is C16H23ClN2O4. The Kier molecular flexibility index (Phi) is 7.68. The maximum absolute atomic E-state index is 12.0. The van der Waals surface area contributed by atoms with Crippen LogP contribution in [0.15, 0.2) is 12.1 Å². The number of amides is 2. The van der Waals surface area contributed by atoms with Gasteiger partial charge in [0.2, 0.25) is 11.8 Å². The molecule has 7 heteroatoms. The molecule has 0 aromatic heterocycles. The molecule has 0 aliphatic heterocycles. The molecular weight excluding hydrogens is 320 g/mol. The third-order valence-electron chi connectivity index (χ3n) is 3.53. The molecule has 2 amide bonds. The number of hydrogen-bond acceptors (Lipinski definition) is 4. The van der Waals surface area contributed by atoms with Crippen LogP contribution in [0.3, 0.4) is 0 Å². The Morgan fingerprint density at radius 3 is 2.26 bits per heavy atom. The van der Waals surface area contributed by atoms with Gasteiger partial charge in [0.25, 0.3) is 0 Å². The van der Waals surface area contributed by atoms with E-state index < -0.39 is 0 Å². The summed E-state index contributed by atoms with van der Waals surface area (Å²) in [6.45, 7) is 3.78. The third-order valence-corrected chi connectivity index (χ3v) is 3.82. The molecule has 0 fully saturated rings. The van der Waals surface area contributed by atoms with Crippen molar-refractivity contribution in [1.82, 2.24) is 5.32 Å². The van der Waals surface area contributed by atoms with Crippen LogP contribution in [0.4, 0.5) is 5.69 Å². The van der Waals surface area contributed by atoms with Gasteiger partial charge in [-0.2, -0.15) is 0 Å². The topological polar surface area (TPSA) is 76.7 Å². The Balaban J connectivity index is 2.72. The SMILES string of the molecule is CCC(CC)C(=O)NCC(=O)Nc1cc(OC)c(Cl)cc1OC. The van der Waals surface area contributed by atoms with Gasteiger partial charge in [-0.3, -0.25) is 9.59 Å². The lowest BCUT2D eigenvalue weighted by atomic mass is 10.0. The van der Waals surface area contributed by atoms with Gasteiger partial charge < -0.3 is 20.1 Å². The summed E-state index contributed by atoms with van der Waals surface area (Å²) in [6.07, 6.45) is 1.48. The van der Waals surface area contributed by atoms with Gasteiger partial charge in [0, 0.05) is 18.1 Å². The number of halogens is 1. The fraction of sp³-hybridized carbons (Fsp3) is 0.500. The Labute approximate surface area is 141 Å². The molecule has 1 aromatic carbocycles. The van der Waals surface area contributed by atoms with E-state index in [4.69, 9.17) is 21.1 Å². The van der Waals surface area contributed by atoms with Gasteiger partial charge >= 0.3 is 0 Å². The average molecular weight is 343 g/mol. The number of benzene rings is 1. The number of carbonyl (C=O) groups excluding carboxylic acids is 2. The van der Waals surface area contributed by atoms with Crippen molar-refractivity contribution in [3.63, 3.8) is 0 Å². The first kappa shape index (κ1) is 19.1. The Hall–Kier alpha value is -1.95. The van der Waals surface area contributed by atoms with Crippen molar-refractivity contribution in [3.8, 4) is 11.5 Å². The highest BCUT2D eigenvalue weighted by atomic mass is 35.5. The van der Waals surface area contributed by atoms with Crippen molar-refractivity contribution in [1.29, 1.82) is 0 Å². The normalized spacial score (nSPS) is 10.3. The van der Waals surface area contributed by atoms with Crippen LogP contribution >= 0.6 is 11.6 Å². The molecule has 0 spiro atoms. The Morgan fingerprint density at radius 1 is 1.13 bits per heavy atom. The van der Waals surface area contributed by atoms with Crippen molar-refractivity contribution in [2.75, 3.05) is 26.1 Å². The van der Waals surface area contributed by atoms with Crippen LogP contribution in [0.1, 0.15) is 26.7 Å². The molecule has 128 valence electrons. The highest BCUT2D eigenvalue weighted by Gasteiger charge is 2.16. The van der Waals surface area contributed by atoms with E-state index in [0.29, 0.717) is 22.2 Å². The van der Waals surface area contributed by atoms with Gasteiger partial charge in [0.1, 0.15) is 11.5 Å². The van der Waals surface area contributed by atoms with Crippen molar-refractivity contribution in [3.05, 3.63) is 17.2 Å². The smallest absolute Gasteiger partial charge is 0.243 e. The maximum atomic E-state index is 12.0. The number of rotatable bonds is 8. The number of hydrogen-bond donors (Lipinski definition) is 2. The highest BCUT2D eigenvalue weighted by molar-refractivity contribution is 6.32. The van der Waals surface area contributed by atoms with Crippen molar-refractivity contribution in [2.24, 2.45) is 5.92 Å². The molecule has 0 saturated carbocycles. The molecule has 1 rings (SSSR count). The molecule has 0 aliphatic carbocycles. The molecule has 0 bridgehead atoms. The van der Waals surface area contributed by atoms with Crippen LogP contribution in [-0.2, 0) is 9.59 Å². The molecule has 1 aromatic rings. The van der Waals surface area contributed by atoms with Crippen LogP contribution in [0.25, 0.3) is 0 Å². The Bertz CT molecular complexity index is 559. The maximum Gasteiger partial charge on any atom is 0.243 e. The fourth-order valence-electron chi connectivity index (χ4n) is 2.12. The second-order valence-electron chi connectivity index (χ2n) is 4.97. The summed E-state index contributed by atoms with van der Waals surface area (Å²) in [7, 11) is 2.96. The summed E-state index contributed by atoms with van der Waals surface area (Å²) in [4.78, 5) is 23.9. The minimum absolute atomic E-state index is 0.0760. The summed E-state index contributed by atoms with van der Waals surface area (Å²) >= 11 is 6.01. The first-order chi connectivity index (χ1) is 11.0. The number of ether oxygens (including phenoxy) is 2. The van der Waals surface area contributed by atoms with Crippen molar-refractivity contribution >= 4 is 29.1 Å². The molecule has 0 unspecified atom stereocenters. The average Bonchev–Trinajstić information content (AvgIpc) is 2.55. The summed E-state index contributed by atoms with van der Waals surface area (Å²) in [5.41, 5.74) is 0.426. The molecule has 2 N–H and O–H groups in total. The minimum Gasteiger partial charge on any atom is -0.495 e. The predicted octanol–water partition coefficient (Wildman–Crippen LogP) is 2.85. The quantitative estimate of drug-likeness (QED) is 0.761. The molecule has 6 nitrogen and oxygen atoms in total. The largest absolute Gasteiger partial charge is 0.495 e. The third kappa shape index (κ3) is 5.32. The van der Waals surface area contributed by atoms with Gasteiger partial charge in [-0.15, -0.1) is 0 Å². The van der Waals surface area contributed by atoms with E-state index in [1.165, 1.54) is 14.2 Å². The van der Waals surface area contributed by atoms with Gasteiger partial charge in [-0.1, -0.05) is 25.4 Å². The van der Waals surface area contributed by atoms with Gasteiger partial charge in [-0.05, 0) is 12.8 Å². The zero-order chi connectivity index (χ0) is 17.4. The predicted molar refractivity (Wildman–Crippen MR) is 90.3 cm³/mol. The van der Waals surface area contributed by atoms with E-state index in [1.807, 2.05) is 13.8 Å². The second kappa shape index (κ2) is 9.25. The van der Waals surface area contributed by atoms with Crippen LogP contribution < -0.4 is 20.1 Å². The fourth-order valence-corrected chi connectivity index (χ4v) is 2.35. The van der Waals surface area contributed by atoms with Crippen LogP contribution in [0.5, 0.6) is 11.5 Å². The van der Waals surface area contributed by atoms with Gasteiger partial charge in [0.15, 0.2) is 0 Å². The summed E-state index contributed by atoms with van der Waals surface area (Å²) in [6, 6.07) is 3.13. The first-order valence-corrected chi connectivity index (χ1v) is 7.83. The zero-order valence-corrected chi connectivity index (χ0v) is 14.6. The van der Waals surface area contributed by atoms with E-state index in [-0.39, 0.29) is 24.3 Å². The van der Waals surface area contributed by atoms with E-state index >= 15 is 0 Å². The standard InChI is InChI=1S/C16H23ClN2O4/c1-5-10(6-2)16(21)18-9-15(20)19-12-8-13(22-3)11(17)7-14(12)23-4/h7-8,10H,5-6,9H2,1-4H3,(H,18,21)(H,19,20). The minimum atomic E-state index is -0.355. The van der Waals surface area contributed by atoms with Crippen molar-refractivity contribution in [2.45, 2.75) is 26.7 Å². The summed E-state index contributed by atoms with van der Waals surface area (Å²) in [5, 5.41) is 5.69. The number of anilines is 1. The molecule has 0 aliphatic rings. The molecule has 0 radical (unpaired) electrons.